The van der Waals surface area contributed by atoms with Gasteiger partial charge in [-0.3, -0.25) is 0 Å². The molecule has 0 saturated carbocycles. The molecule has 2 aliphatic heterocycles. The summed E-state index contributed by atoms with van der Waals surface area (Å²) in [5.74, 6) is -0.485. The highest BCUT2D eigenvalue weighted by Gasteiger charge is 2.27. The van der Waals surface area contributed by atoms with Crippen molar-refractivity contribution in [1.29, 1.82) is 0 Å². The zero-order chi connectivity index (χ0) is 16.9. The number of ether oxygens (including phenoxy) is 1. The molecule has 0 bridgehead atoms. The molecule has 2 heterocycles. The Morgan fingerprint density at radius 2 is 1.71 bits per heavy atom. The van der Waals surface area contributed by atoms with Crippen LogP contribution in [0.5, 0.6) is 0 Å². The molecule has 0 atom stereocenters. The first-order valence-corrected chi connectivity index (χ1v) is 9.02. The lowest BCUT2D eigenvalue weighted by Crippen LogP contribution is -2.33. The Kier molecular flexibility index (Phi) is 5.43. The van der Waals surface area contributed by atoms with Crippen LogP contribution in [0.15, 0.2) is 23.0 Å². The molecule has 2 amide bonds. The quantitative estimate of drug-likeness (QED) is 0.487. The van der Waals surface area contributed by atoms with Gasteiger partial charge in [0, 0.05) is 31.9 Å². The summed E-state index contributed by atoms with van der Waals surface area (Å²) in [7, 11) is 1.35. The van der Waals surface area contributed by atoms with Gasteiger partial charge in [-0.1, -0.05) is 0 Å². The summed E-state index contributed by atoms with van der Waals surface area (Å²) >= 11 is 0. The number of carbonyl (C=O) groups is 2. The lowest BCUT2D eigenvalue weighted by Gasteiger charge is -2.34. The second-order valence-electron chi connectivity index (χ2n) is 6.69. The number of piperidine rings is 1. The van der Waals surface area contributed by atoms with E-state index in [-0.39, 0.29) is 11.7 Å². The van der Waals surface area contributed by atoms with Crippen molar-refractivity contribution in [2.45, 2.75) is 44.9 Å². The molecular formula is C18H27N3O3. The number of rotatable bonds is 4. The van der Waals surface area contributed by atoms with Gasteiger partial charge in [0.2, 0.25) is 0 Å². The van der Waals surface area contributed by atoms with E-state index >= 15 is 0 Å². The van der Waals surface area contributed by atoms with Crippen LogP contribution in [0, 0.1) is 0 Å². The van der Waals surface area contributed by atoms with Crippen molar-refractivity contribution in [3.05, 3.63) is 23.0 Å². The minimum atomic E-state index is -0.485. The highest BCUT2D eigenvalue weighted by Crippen LogP contribution is 2.30. The van der Waals surface area contributed by atoms with Crippen LogP contribution in [-0.4, -0.2) is 55.1 Å². The molecule has 0 radical (unpaired) electrons. The summed E-state index contributed by atoms with van der Waals surface area (Å²) in [4.78, 5) is 28.2. The Balaban J connectivity index is 1.84. The number of amides is 2. The van der Waals surface area contributed by atoms with Gasteiger partial charge in [0.15, 0.2) is 0 Å². The smallest absolute Gasteiger partial charge is 0.354 e. The molecule has 2 saturated heterocycles. The number of methoxy groups -OCH3 is 1. The highest BCUT2D eigenvalue weighted by molar-refractivity contribution is 5.94. The monoisotopic (exact) mass is 333 g/mol. The fourth-order valence-corrected chi connectivity index (χ4v) is 3.47. The Morgan fingerprint density at radius 3 is 2.38 bits per heavy atom. The number of carbonyl (C=O) groups excluding carboxylic acids is 2. The Morgan fingerprint density at radius 1 is 1.00 bits per heavy atom. The van der Waals surface area contributed by atoms with Crippen LogP contribution < -0.4 is 5.32 Å². The molecule has 6 heteroatoms. The molecule has 2 fully saturated rings. The Labute approximate surface area is 143 Å². The average molecular weight is 333 g/mol. The molecule has 0 spiro atoms. The maximum atomic E-state index is 12.1. The second-order valence-corrected chi connectivity index (χ2v) is 6.69. The first-order chi connectivity index (χ1) is 11.7. The first kappa shape index (κ1) is 16.9. The fraction of sp³-hybridized carbons (Fsp3) is 0.667. The summed E-state index contributed by atoms with van der Waals surface area (Å²) in [6.45, 7) is 3.70. The number of allylic oxidation sites excluding steroid dienone is 3. The largest absolute Gasteiger partial charge is 0.464 e. The van der Waals surface area contributed by atoms with E-state index in [0.29, 0.717) is 0 Å². The predicted molar refractivity (Wildman–Crippen MR) is 91.1 cm³/mol. The van der Waals surface area contributed by atoms with E-state index < -0.39 is 5.97 Å². The predicted octanol–water partition coefficient (Wildman–Crippen LogP) is 2.38. The first-order valence-electron chi connectivity index (χ1n) is 9.02. The zero-order valence-corrected chi connectivity index (χ0v) is 14.5. The normalized spacial score (nSPS) is 21.6. The van der Waals surface area contributed by atoms with Crippen LogP contribution in [0.2, 0.25) is 0 Å². The molecule has 132 valence electrons. The van der Waals surface area contributed by atoms with Gasteiger partial charge in [0.05, 0.1) is 7.11 Å². The Bertz CT molecular complexity index is 558. The molecule has 24 heavy (non-hydrogen) atoms. The summed E-state index contributed by atoms with van der Waals surface area (Å²) in [6.07, 6.45) is 9.93. The van der Waals surface area contributed by atoms with Gasteiger partial charge in [-0.25, -0.2) is 9.59 Å². The van der Waals surface area contributed by atoms with Crippen LogP contribution in [0.1, 0.15) is 44.9 Å². The lowest BCUT2D eigenvalue weighted by atomic mass is 9.93. The fourth-order valence-electron chi connectivity index (χ4n) is 3.47. The zero-order valence-electron chi connectivity index (χ0n) is 14.5. The van der Waals surface area contributed by atoms with E-state index in [9.17, 15) is 9.59 Å². The molecule has 0 aromatic rings. The van der Waals surface area contributed by atoms with Gasteiger partial charge in [0.1, 0.15) is 5.70 Å². The van der Waals surface area contributed by atoms with E-state index in [1.165, 1.54) is 44.1 Å². The summed E-state index contributed by atoms with van der Waals surface area (Å²) in [6, 6.07) is -0.220. The molecular weight excluding hydrogens is 306 g/mol. The minimum Gasteiger partial charge on any atom is -0.464 e. The van der Waals surface area contributed by atoms with Gasteiger partial charge in [-0.15, -0.1) is 0 Å². The van der Waals surface area contributed by atoms with Crippen LogP contribution in [0.3, 0.4) is 0 Å². The standard InChI is InChI=1S/C18H27N3O3/c1-24-17(22)15(19-18(23)21-11-12-21)13-14-7-3-4-8-16(14)20-9-5-2-6-10-20/h13H,2-12H2,1H3,(H,19,23)/b15-13-. The van der Waals surface area contributed by atoms with Crippen molar-refractivity contribution in [3.8, 4) is 0 Å². The van der Waals surface area contributed by atoms with Crippen molar-refractivity contribution in [3.63, 3.8) is 0 Å². The third kappa shape index (κ3) is 4.10. The molecule has 6 nitrogen and oxygen atoms in total. The van der Waals surface area contributed by atoms with Crippen molar-refractivity contribution >= 4 is 12.0 Å². The molecule has 0 unspecified atom stereocenters. The number of nitrogens with zero attached hydrogens (tertiary/aromatic N) is 2. The van der Waals surface area contributed by atoms with Crippen molar-refractivity contribution in [1.82, 2.24) is 15.1 Å². The highest BCUT2D eigenvalue weighted by atomic mass is 16.5. The maximum absolute atomic E-state index is 12.1. The van der Waals surface area contributed by atoms with Crippen molar-refractivity contribution in [2.75, 3.05) is 33.3 Å². The summed E-state index contributed by atoms with van der Waals surface area (Å²) < 4.78 is 4.86. The van der Waals surface area contributed by atoms with Crippen LogP contribution in [-0.2, 0) is 9.53 Å². The van der Waals surface area contributed by atoms with Crippen LogP contribution >= 0.6 is 0 Å². The van der Waals surface area contributed by atoms with Gasteiger partial charge in [0.25, 0.3) is 0 Å². The van der Waals surface area contributed by atoms with Gasteiger partial charge < -0.3 is 19.9 Å². The average Bonchev–Trinajstić information content (AvgIpc) is 3.47. The summed E-state index contributed by atoms with van der Waals surface area (Å²) in [5, 5.41) is 2.72. The molecule has 0 aromatic heterocycles. The van der Waals surface area contributed by atoms with Gasteiger partial charge in [-0.2, -0.15) is 0 Å². The SMILES string of the molecule is COC(=O)/C(=C/C1=C(N2CCCCC2)CCCC1)NC(=O)N1CC1. The second kappa shape index (κ2) is 7.73. The number of urea groups is 1. The van der Waals surface area contributed by atoms with E-state index in [1.807, 2.05) is 6.08 Å². The molecule has 3 aliphatic rings. The molecule has 1 aliphatic carbocycles. The lowest BCUT2D eigenvalue weighted by molar-refractivity contribution is -0.136. The van der Waals surface area contributed by atoms with Gasteiger partial charge >= 0.3 is 12.0 Å². The number of hydrogen-bond acceptors (Lipinski definition) is 4. The van der Waals surface area contributed by atoms with Crippen LogP contribution in [0.25, 0.3) is 0 Å². The van der Waals surface area contributed by atoms with Crippen molar-refractivity contribution < 1.29 is 14.3 Å². The van der Waals surface area contributed by atoms with E-state index in [0.717, 1.165) is 45.4 Å². The third-order valence-electron chi connectivity index (χ3n) is 4.92. The molecule has 1 N–H and O–H groups in total. The molecule has 0 aromatic carbocycles. The minimum absolute atomic E-state index is 0.220. The van der Waals surface area contributed by atoms with Gasteiger partial charge in [-0.05, 0) is 56.6 Å². The van der Waals surface area contributed by atoms with E-state index in [1.54, 1.807) is 4.90 Å². The molecule has 3 rings (SSSR count). The van der Waals surface area contributed by atoms with E-state index in [4.69, 9.17) is 4.74 Å². The summed E-state index contributed by atoms with van der Waals surface area (Å²) in [5.41, 5.74) is 2.78. The number of likely N-dealkylation sites (tertiary alicyclic amines) is 1. The topological polar surface area (TPSA) is 61.6 Å². The third-order valence-corrected chi connectivity index (χ3v) is 4.92. The van der Waals surface area contributed by atoms with E-state index in [2.05, 4.69) is 10.2 Å². The number of nitrogens with one attached hydrogen (secondary N) is 1. The Hall–Kier alpha value is -1.98. The van der Waals surface area contributed by atoms with Crippen molar-refractivity contribution in [2.24, 2.45) is 0 Å². The van der Waals surface area contributed by atoms with Crippen LogP contribution in [0.4, 0.5) is 4.79 Å². The number of hydrogen-bond donors (Lipinski definition) is 1. The maximum Gasteiger partial charge on any atom is 0.354 e. The number of esters is 1.